The average molecular weight is 151 g/mol. The number of aryl methyl sites for hydroxylation is 1. The van der Waals surface area contributed by atoms with Gasteiger partial charge >= 0.3 is 0 Å². The molecule has 0 spiro atoms. The van der Waals surface area contributed by atoms with Gasteiger partial charge in [0.25, 0.3) is 0 Å². The Balaban J connectivity index is 3.22. The van der Waals surface area contributed by atoms with Crippen LogP contribution in [0.3, 0.4) is 0 Å². The molecule has 0 amide bonds. The van der Waals surface area contributed by atoms with Crippen LogP contribution in [0, 0.1) is 12.7 Å². The molecule has 1 aromatic carbocycles. The summed E-state index contributed by atoms with van der Waals surface area (Å²) in [6.07, 6.45) is 1.36. The minimum absolute atomic E-state index is 0.333. The van der Waals surface area contributed by atoms with Gasteiger partial charge in [0.1, 0.15) is 5.82 Å². The van der Waals surface area contributed by atoms with Crippen LogP contribution in [0.4, 0.5) is 10.1 Å². The fourth-order valence-electron chi connectivity index (χ4n) is 0.752. The summed E-state index contributed by atoms with van der Waals surface area (Å²) in [6.45, 7) is 1.75. The minimum Gasteiger partial charge on any atom is -0.211 e. The molecule has 0 saturated carbocycles. The van der Waals surface area contributed by atoms with Crippen LogP contribution in [0.15, 0.2) is 23.2 Å². The van der Waals surface area contributed by atoms with E-state index < -0.39 is 5.82 Å². The number of halogens is 1. The fraction of sp³-hybridized carbons (Fsp3) is 0.125. The van der Waals surface area contributed by atoms with Crippen molar-refractivity contribution in [2.24, 2.45) is 4.99 Å². The topological polar surface area (TPSA) is 29.4 Å². The van der Waals surface area contributed by atoms with Crippen LogP contribution < -0.4 is 0 Å². The molecule has 0 saturated heterocycles. The highest BCUT2D eigenvalue weighted by atomic mass is 19.1. The van der Waals surface area contributed by atoms with Crippen LogP contribution in [0.5, 0.6) is 0 Å². The molecule has 0 bridgehead atoms. The Kier molecular flexibility index (Phi) is 2.14. The Morgan fingerprint density at radius 1 is 1.55 bits per heavy atom. The number of aliphatic imine (C=N–C) groups is 1. The van der Waals surface area contributed by atoms with E-state index in [1.54, 1.807) is 13.0 Å². The van der Waals surface area contributed by atoms with Gasteiger partial charge in [-0.2, -0.15) is 4.99 Å². The molecule has 56 valence electrons. The van der Waals surface area contributed by atoms with Crippen LogP contribution in [0.1, 0.15) is 5.56 Å². The van der Waals surface area contributed by atoms with Gasteiger partial charge in [0.2, 0.25) is 6.08 Å². The molecule has 0 aliphatic rings. The first-order chi connectivity index (χ1) is 5.24. The largest absolute Gasteiger partial charge is 0.240 e. The number of hydrogen-bond donors (Lipinski definition) is 0. The van der Waals surface area contributed by atoms with Crippen molar-refractivity contribution in [3.05, 3.63) is 29.6 Å². The standard InChI is InChI=1S/C8H6FNO/c1-6-2-3-7(9)4-8(6)10-5-11/h2-4H,1H3. The number of hydrogen-bond acceptors (Lipinski definition) is 2. The summed E-state index contributed by atoms with van der Waals surface area (Å²) in [5.41, 5.74) is 1.09. The molecule has 0 aliphatic carbocycles. The highest BCUT2D eigenvalue weighted by Crippen LogP contribution is 2.18. The summed E-state index contributed by atoms with van der Waals surface area (Å²) >= 11 is 0. The van der Waals surface area contributed by atoms with Crippen molar-refractivity contribution in [2.75, 3.05) is 0 Å². The summed E-state index contributed by atoms with van der Waals surface area (Å²) in [7, 11) is 0. The Hall–Kier alpha value is -1.47. The predicted octanol–water partition coefficient (Wildman–Crippen LogP) is 2.10. The van der Waals surface area contributed by atoms with Crippen molar-refractivity contribution in [1.82, 2.24) is 0 Å². The number of isocyanates is 1. The normalized spacial score (nSPS) is 8.91. The number of rotatable bonds is 1. The highest BCUT2D eigenvalue weighted by molar-refractivity contribution is 5.53. The van der Waals surface area contributed by atoms with E-state index >= 15 is 0 Å². The van der Waals surface area contributed by atoms with Gasteiger partial charge in [0.15, 0.2) is 0 Å². The Bertz CT molecular complexity index is 316. The second kappa shape index (κ2) is 3.08. The molecule has 0 heterocycles. The monoisotopic (exact) mass is 151 g/mol. The third kappa shape index (κ3) is 1.72. The van der Waals surface area contributed by atoms with Crippen LogP contribution in [-0.2, 0) is 4.79 Å². The van der Waals surface area contributed by atoms with Crippen LogP contribution in [0.2, 0.25) is 0 Å². The minimum atomic E-state index is -0.399. The van der Waals surface area contributed by atoms with E-state index in [1.807, 2.05) is 0 Å². The third-order valence-corrected chi connectivity index (χ3v) is 1.34. The van der Waals surface area contributed by atoms with E-state index in [-0.39, 0.29) is 0 Å². The van der Waals surface area contributed by atoms with E-state index in [9.17, 15) is 9.18 Å². The van der Waals surface area contributed by atoms with Gasteiger partial charge in [0, 0.05) is 6.07 Å². The molecule has 2 nitrogen and oxygen atoms in total. The second-order valence-corrected chi connectivity index (χ2v) is 2.13. The molecule has 3 heteroatoms. The maximum absolute atomic E-state index is 12.5. The maximum Gasteiger partial charge on any atom is 0.240 e. The number of carbonyl (C=O) groups excluding carboxylic acids is 1. The lowest BCUT2D eigenvalue weighted by atomic mass is 10.2. The second-order valence-electron chi connectivity index (χ2n) is 2.13. The fourth-order valence-corrected chi connectivity index (χ4v) is 0.752. The average Bonchev–Trinajstić information content (AvgIpc) is 1.98. The molecule has 0 atom stereocenters. The quantitative estimate of drug-likeness (QED) is 0.446. The Labute approximate surface area is 63.4 Å². The first-order valence-electron chi connectivity index (χ1n) is 3.08. The van der Waals surface area contributed by atoms with Gasteiger partial charge in [-0.3, -0.25) is 0 Å². The molecule has 0 aromatic heterocycles. The summed E-state index contributed by atoms with van der Waals surface area (Å²) < 4.78 is 12.5. The zero-order valence-corrected chi connectivity index (χ0v) is 5.97. The van der Waals surface area contributed by atoms with E-state index in [2.05, 4.69) is 4.99 Å². The van der Waals surface area contributed by atoms with Crippen LogP contribution in [-0.4, -0.2) is 6.08 Å². The molecular weight excluding hydrogens is 145 g/mol. The summed E-state index contributed by atoms with van der Waals surface area (Å²) in [5.74, 6) is -0.399. The zero-order valence-electron chi connectivity index (χ0n) is 5.97. The van der Waals surface area contributed by atoms with Crippen molar-refractivity contribution < 1.29 is 9.18 Å². The predicted molar refractivity (Wildman–Crippen MR) is 38.9 cm³/mol. The smallest absolute Gasteiger partial charge is 0.211 e. The molecule has 1 rings (SSSR count). The highest BCUT2D eigenvalue weighted by Gasteiger charge is 1.96. The first kappa shape index (κ1) is 7.63. The first-order valence-corrected chi connectivity index (χ1v) is 3.08. The molecule has 0 radical (unpaired) electrons. The Morgan fingerprint density at radius 3 is 2.91 bits per heavy atom. The Morgan fingerprint density at radius 2 is 2.27 bits per heavy atom. The summed E-state index contributed by atoms with van der Waals surface area (Å²) in [4.78, 5) is 13.1. The number of benzene rings is 1. The van der Waals surface area contributed by atoms with Gasteiger partial charge in [-0.15, -0.1) is 0 Å². The van der Waals surface area contributed by atoms with Crippen molar-refractivity contribution in [3.63, 3.8) is 0 Å². The molecule has 1 aromatic rings. The molecule has 11 heavy (non-hydrogen) atoms. The molecule has 0 unspecified atom stereocenters. The van der Waals surface area contributed by atoms with Crippen molar-refractivity contribution in [3.8, 4) is 0 Å². The maximum atomic E-state index is 12.5. The van der Waals surface area contributed by atoms with Gasteiger partial charge in [-0.1, -0.05) is 6.07 Å². The van der Waals surface area contributed by atoms with Gasteiger partial charge in [0.05, 0.1) is 5.69 Å². The zero-order chi connectivity index (χ0) is 8.27. The third-order valence-electron chi connectivity index (χ3n) is 1.34. The molecular formula is C8H6FNO. The van der Waals surface area contributed by atoms with E-state index in [0.29, 0.717) is 5.69 Å². The van der Waals surface area contributed by atoms with Crippen LogP contribution >= 0.6 is 0 Å². The summed E-state index contributed by atoms with van der Waals surface area (Å²) in [6, 6.07) is 4.07. The lowest BCUT2D eigenvalue weighted by Crippen LogP contribution is -1.76. The van der Waals surface area contributed by atoms with Crippen molar-refractivity contribution in [1.29, 1.82) is 0 Å². The lowest BCUT2D eigenvalue weighted by molar-refractivity contribution is 0.565. The van der Waals surface area contributed by atoms with Crippen LogP contribution in [0.25, 0.3) is 0 Å². The summed E-state index contributed by atoms with van der Waals surface area (Å²) in [5, 5.41) is 0. The molecule has 0 fully saturated rings. The van der Waals surface area contributed by atoms with E-state index in [0.717, 1.165) is 5.56 Å². The van der Waals surface area contributed by atoms with Crippen molar-refractivity contribution >= 4 is 11.8 Å². The van der Waals surface area contributed by atoms with Crippen molar-refractivity contribution in [2.45, 2.75) is 6.92 Å². The van der Waals surface area contributed by atoms with Gasteiger partial charge in [-0.05, 0) is 18.6 Å². The number of nitrogens with zero attached hydrogens (tertiary/aromatic N) is 1. The molecule has 0 aliphatic heterocycles. The van der Waals surface area contributed by atoms with E-state index in [4.69, 9.17) is 0 Å². The van der Waals surface area contributed by atoms with Gasteiger partial charge in [-0.25, -0.2) is 9.18 Å². The van der Waals surface area contributed by atoms with Gasteiger partial charge < -0.3 is 0 Å². The molecule has 0 N–H and O–H groups in total. The SMILES string of the molecule is Cc1ccc(F)cc1N=C=O. The lowest BCUT2D eigenvalue weighted by Gasteiger charge is -1.95. The van der Waals surface area contributed by atoms with E-state index in [1.165, 1.54) is 18.2 Å².